The highest BCUT2D eigenvalue weighted by Gasteiger charge is 2.59. The van der Waals surface area contributed by atoms with Crippen molar-refractivity contribution in [3.05, 3.63) is 59.7 Å². The molecule has 2 aromatic carbocycles. The number of aliphatic hydroxyl groups excluding tert-OH is 17. The molecule has 22 aliphatic rings. The van der Waals surface area contributed by atoms with E-state index in [1.54, 1.807) is 24.3 Å². The molecular formula is C58H87N5O33. The fourth-order valence-electron chi connectivity index (χ4n) is 11.7. The van der Waals surface area contributed by atoms with Crippen molar-refractivity contribution in [2.75, 3.05) is 79.1 Å². The lowest BCUT2D eigenvalue weighted by atomic mass is 9.94. The Morgan fingerprint density at radius 2 is 0.615 bits per heavy atom. The molecule has 0 spiro atoms. The average molecular weight is 1380 g/mol. The normalized spacial score (nSPS) is 41.6. The molecule has 2 aromatic rings. The molecule has 0 saturated carbocycles. The van der Waals surface area contributed by atoms with Crippen LogP contribution in [0.25, 0.3) is 0 Å². The van der Waals surface area contributed by atoms with Gasteiger partial charge in [-0.15, -0.1) is 0 Å². The van der Waals surface area contributed by atoms with Crippen molar-refractivity contribution >= 4 is 23.2 Å². The second kappa shape index (κ2) is 35.3. The third-order valence-corrected chi connectivity index (χ3v) is 17.1. The van der Waals surface area contributed by atoms with Crippen molar-refractivity contribution in [2.24, 2.45) is 16.0 Å². The number of rotatable bonds is 21. The molecule has 0 aliphatic carbocycles. The molecule has 12 bridgehead atoms. The molecule has 30 atom stereocenters. The van der Waals surface area contributed by atoms with Gasteiger partial charge in [-0.1, -0.05) is 0 Å². The standard InChI is InChI=1S/C58H87N5O33/c59-11-1-13-83-15-16-84-14-2-12-60-51(81)23-3-7-25(8-4-23)62-63-26-9-5-24(6-10-26)52(82)61-17-27-45-33(69)39(75)53(85-27)92-46-28(18-64)87-55(41(77)35(46)71)94-48-30(20-66)89-57(43(79)37(48)73)96-50-32(22-68)90-58(44(80)38(50)74)95-49-31(21-67)88-56(42(78)36(49)72)93-47-29(19-65)86-54(91-45)40(76)34(47)70/h3-10,27-50,53-58,64-80H,1-2,11-22,59H2,(H,60,81)(H,61,82)/t27-,28-,29-,30-,31-,32-,33-,34-,35-,36-,37-,38-,39-,40-,41-,42-,43-,44-,45-,46-,47-,48-,49-,50-,53-,54-,55-,56-,57-,58-/m1/s1. The van der Waals surface area contributed by atoms with E-state index in [2.05, 4.69) is 20.9 Å². The number of carbonyl (C=O) groups is 2. The molecule has 21 N–H and O–H groups in total. The van der Waals surface area contributed by atoms with Crippen LogP contribution in [0.15, 0.2) is 58.8 Å². The van der Waals surface area contributed by atoms with Gasteiger partial charge in [-0.25, -0.2) is 0 Å². The van der Waals surface area contributed by atoms with Crippen LogP contribution in [0.3, 0.4) is 0 Å². The molecule has 22 aliphatic heterocycles. The first-order chi connectivity index (χ1) is 46.1. The maximum absolute atomic E-state index is 13.9. The van der Waals surface area contributed by atoms with Gasteiger partial charge < -0.3 is 169 Å². The maximum atomic E-state index is 13.9. The summed E-state index contributed by atoms with van der Waals surface area (Å²) >= 11 is 0. The number of carbonyl (C=O) groups excluding carboxylic acids is 2. The Bertz CT molecular complexity index is 2730. The Balaban J connectivity index is 0.919. The summed E-state index contributed by atoms with van der Waals surface area (Å²) in [6, 6.07) is 11.9. The topological polar surface area (TPSA) is 582 Å². The lowest BCUT2D eigenvalue weighted by molar-refractivity contribution is -0.403. The molecular weight excluding hydrogens is 1290 g/mol. The third-order valence-electron chi connectivity index (χ3n) is 17.1. The van der Waals surface area contributed by atoms with Gasteiger partial charge in [0, 0.05) is 37.4 Å². The smallest absolute Gasteiger partial charge is 0.251 e. The van der Waals surface area contributed by atoms with Crippen molar-refractivity contribution in [3.8, 4) is 0 Å². The number of nitrogens with one attached hydrogen (secondary N) is 2. The molecule has 96 heavy (non-hydrogen) atoms. The number of nitrogens with two attached hydrogens (primary N) is 1. The van der Waals surface area contributed by atoms with Gasteiger partial charge >= 0.3 is 0 Å². The Kier molecular flexibility index (Phi) is 27.9. The number of ether oxygens (including phenoxy) is 14. The van der Waals surface area contributed by atoms with Gasteiger partial charge in [0.15, 0.2) is 37.7 Å². The Labute approximate surface area is 547 Å². The predicted octanol–water partition coefficient (Wildman–Crippen LogP) is -9.70. The monoisotopic (exact) mass is 1380 g/mol. The number of azo groups is 1. The van der Waals surface area contributed by atoms with E-state index in [1.807, 2.05) is 0 Å². The average Bonchev–Trinajstić information content (AvgIpc) is 0.778. The van der Waals surface area contributed by atoms with Crippen LogP contribution in [-0.4, -0.2) is 362 Å². The minimum Gasteiger partial charge on any atom is -0.394 e. The van der Waals surface area contributed by atoms with Crippen LogP contribution in [0, 0.1) is 0 Å². The summed E-state index contributed by atoms with van der Waals surface area (Å²) in [5.41, 5.74) is 6.52. The Hall–Kier alpha value is -4.30. The van der Waals surface area contributed by atoms with Crippen molar-refractivity contribution in [3.63, 3.8) is 0 Å². The fourth-order valence-corrected chi connectivity index (χ4v) is 11.7. The van der Waals surface area contributed by atoms with Crippen molar-refractivity contribution in [2.45, 2.75) is 197 Å². The van der Waals surface area contributed by atoms with Crippen LogP contribution >= 0.6 is 0 Å². The summed E-state index contributed by atoms with van der Waals surface area (Å²) in [7, 11) is 0. The summed E-state index contributed by atoms with van der Waals surface area (Å²) in [5.74, 6) is -1.10. The van der Waals surface area contributed by atoms with Crippen molar-refractivity contribution in [1.82, 2.24) is 10.6 Å². The zero-order valence-electron chi connectivity index (χ0n) is 51.4. The van der Waals surface area contributed by atoms with Crippen LogP contribution in [-0.2, 0) is 66.3 Å². The lowest BCUT2D eigenvalue weighted by Crippen LogP contribution is -2.69. The highest BCUT2D eigenvalue weighted by atomic mass is 16.8. The number of benzene rings is 2. The molecule has 542 valence electrons. The first-order valence-electron chi connectivity index (χ1n) is 31.3. The van der Waals surface area contributed by atoms with E-state index < -0.39 is 230 Å². The summed E-state index contributed by atoms with van der Waals surface area (Å²) in [5, 5.41) is 205. The predicted molar refractivity (Wildman–Crippen MR) is 310 cm³/mol. The van der Waals surface area contributed by atoms with E-state index >= 15 is 0 Å². The molecule has 22 fully saturated rings. The minimum absolute atomic E-state index is 0.0214. The molecule has 38 heteroatoms. The van der Waals surface area contributed by atoms with Gasteiger partial charge in [0.1, 0.15) is 146 Å². The summed E-state index contributed by atoms with van der Waals surface area (Å²) in [4.78, 5) is 26.6. The van der Waals surface area contributed by atoms with E-state index in [9.17, 15) is 96.4 Å². The van der Waals surface area contributed by atoms with E-state index in [4.69, 9.17) is 72.0 Å². The van der Waals surface area contributed by atoms with Crippen LogP contribution in [0.1, 0.15) is 33.6 Å². The minimum atomic E-state index is -2.25. The zero-order valence-corrected chi connectivity index (χ0v) is 51.4. The van der Waals surface area contributed by atoms with Crippen LogP contribution in [0.4, 0.5) is 11.4 Å². The molecule has 2 amide bonds. The number of aliphatic hydroxyl groups is 17. The maximum Gasteiger partial charge on any atom is 0.251 e. The fraction of sp³-hybridized carbons (Fsp3) is 0.759. The van der Waals surface area contributed by atoms with E-state index in [0.29, 0.717) is 62.9 Å². The summed E-state index contributed by atoms with van der Waals surface area (Å²) < 4.78 is 80.8. The van der Waals surface area contributed by atoms with Gasteiger partial charge in [0.05, 0.1) is 57.6 Å². The van der Waals surface area contributed by atoms with Crippen LogP contribution in [0.5, 0.6) is 0 Å². The third kappa shape index (κ3) is 17.7. The second-order valence-corrected chi connectivity index (χ2v) is 23.6. The Morgan fingerprint density at radius 1 is 0.354 bits per heavy atom. The second-order valence-electron chi connectivity index (χ2n) is 23.6. The van der Waals surface area contributed by atoms with E-state index in [0.717, 1.165) is 6.42 Å². The number of hydrogen-bond donors (Lipinski definition) is 20. The highest BCUT2D eigenvalue weighted by molar-refractivity contribution is 5.95. The van der Waals surface area contributed by atoms with Crippen molar-refractivity contribution in [1.29, 1.82) is 0 Å². The molecule has 0 unspecified atom stereocenters. The summed E-state index contributed by atoms with van der Waals surface area (Å²) in [6.07, 6.45) is -59.2. The largest absolute Gasteiger partial charge is 0.394 e. The highest BCUT2D eigenvalue weighted by Crippen LogP contribution is 2.38. The van der Waals surface area contributed by atoms with Gasteiger partial charge in [0.25, 0.3) is 11.8 Å². The molecule has 0 radical (unpaired) electrons. The van der Waals surface area contributed by atoms with Gasteiger partial charge in [-0.2, -0.15) is 10.2 Å². The summed E-state index contributed by atoms with van der Waals surface area (Å²) in [6.45, 7) is -3.09. The molecule has 24 rings (SSSR count). The number of amides is 2. The number of hydrogen-bond acceptors (Lipinski definition) is 36. The first kappa shape index (κ1) is 75.9. The van der Waals surface area contributed by atoms with Gasteiger partial charge in [-0.05, 0) is 67.9 Å². The quantitative estimate of drug-likeness (QED) is 0.0408. The van der Waals surface area contributed by atoms with Crippen molar-refractivity contribution < 1.29 is 163 Å². The first-order valence-corrected chi connectivity index (χ1v) is 31.3. The van der Waals surface area contributed by atoms with E-state index in [1.165, 1.54) is 24.3 Å². The van der Waals surface area contributed by atoms with Gasteiger partial charge in [0.2, 0.25) is 0 Å². The van der Waals surface area contributed by atoms with Gasteiger partial charge in [-0.3, -0.25) is 9.59 Å². The van der Waals surface area contributed by atoms with Crippen LogP contribution in [0.2, 0.25) is 0 Å². The molecule has 0 aromatic heterocycles. The lowest BCUT2D eigenvalue weighted by Gasteiger charge is -2.50. The Morgan fingerprint density at radius 3 is 0.896 bits per heavy atom. The number of nitrogens with zero attached hydrogens (tertiary/aromatic N) is 2. The SMILES string of the molecule is NCCCOCCOCCCNC(=O)c1ccc(N=Nc2ccc(C(=O)NC[C@H]3O[C@@H]4O[C@H]5[C@H](O)[C@@H](O)[C@@H](O[C@H]6[C@H](O)[C@@H](O)[C@@H](O[C@H]7[C@H](O)[C@@H](O)[C@@H](O[C@H]8[C@H](O)[C@@H](O)[C@@H](O[C@H]9[C@H](O)[C@@H](O)[C@@H](O[C@H]3[C@H](O)[C@H]4O)O[C@@H]9CO)O[C@@H]8CO)O[C@@H]7CO)O[C@@H]6CO)O[C@@H]5CO)cc2)cc1. The molecule has 38 nitrogen and oxygen atoms in total. The van der Waals surface area contributed by atoms with E-state index in [-0.39, 0.29) is 11.5 Å². The van der Waals surface area contributed by atoms with Crippen LogP contribution < -0.4 is 16.4 Å². The zero-order chi connectivity index (χ0) is 69.1. The molecule has 22 heterocycles. The molecule has 22 saturated heterocycles.